The Morgan fingerprint density at radius 1 is 1.50 bits per heavy atom. The molecule has 3 nitrogen and oxygen atoms in total. The van der Waals surface area contributed by atoms with Crippen LogP contribution in [-0.2, 0) is 4.79 Å². The first kappa shape index (κ1) is 13.6. The quantitative estimate of drug-likeness (QED) is 0.776. The number of carbonyl (C=O) groups is 1. The fraction of sp³-hybridized carbons (Fsp3) is 0.800. The number of hydrogen-bond acceptors (Lipinski definition) is 2. The Kier molecular flexibility index (Phi) is 3.81. The number of hydrogen-bond donors (Lipinski definition) is 1. The molecule has 3 heteroatoms. The largest absolute Gasteiger partial charge is 0.349 e. The van der Waals surface area contributed by atoms with Crippen LogP contribution in [0.3, 0.4) is 0 Å². The van der Waals surface area contributed by atoms with Crippen molar-refractivity contribution in [2.75, 3.05) is 19.6 Å². The molecule has 3 aliphatic rings. The predicted molar refractivity (Wildman–Crippen MR) is 74.3 cm³/mol. The average molecular weight is 250 g/mol. The minimum Gasteiger partial charge on any atom is -0.349 e. The molecule has 0 aliphatic carbocycles. The zero-order valence-electron chi connectivity index (χ0n) is 12.0. The van der Waals surface area contributed by atoms with Gasteiger partial charge in [-0.15, -0.1) is 6.58 Å². The molecular formula is C15H26N2O. The second kappa shape index (κ2) is 5.04. The first-order valence-electron chi connectivity index (χ1n) is 7.09. The molecule has 0 aromatic carbocycles. The molecule has 2 atom stereocenters. The number of nitrogens with zero attached hydrogens (tertiary/aromatic N) is 1. The van der Waals surface area contributed by atoms with Crippen molar-refractivity contribution >= 4 is 5.91 Å². The number of piperidine rings is 3. The van der Waals surface area contributed by atoms with Gasteiger partial charge >= 0.3 is 0 Å². The molecule has 3 heterocycles. The van der Waals surface area contributed by atoms with E-state index in [2.05, 4.69) is 23.7 Å². The number of fused-ring (bicyclic) bond motifs is 3. The third-order valence-corrected chi connectivity index (χ3v) is 4.55. The van der Waals surface area contributed by atoms with Crippen molar-refractivity contribution in [3.63, 3.8) is 0 Å². The number of allylic oxidation sites excluding steroid dienone is 1. The molecule has 1 N–H and O–H groups in total. The summed E-state index contributed by atoms with van der Waals surface area (Å²) in [5.74, 6) is 0.882. The summed E-state index contributed by atoms with van der Waals surface area (Å²) < 4.78 is 0. The number of rotatable bonds is 4. The molecule has 0 radical (unpaired) electrons. The molecule has 3 saturated heterocycles. The highest BCUT2D eigenvalue weighted by Crippen LogP contribution is 2.35. The van der Waals surface area contributed by atoms with Crippen molar-refractivity contribution in [1.82, 2.24) is 10.2 Å². The lowest BCUT2D eigenvalue weighted by Crippen LogP contribution is -2.65. The fourth-order valence-electron chi connectivity index (χ4n) is 3.48. The van der Waals surface area contributed by atoms with E-state index in [0.717, 1.165) is 18.5 Å². The highest BCUT2D eigenvalue weighted by atomic mass is 16.2. The molecule has 3 fully saturated rings. The van der Waals surface area contributed by atoms with E-state index in [1.165, 1.54) is 25.9 Å². The van der Waals surface area contributed by atoms with Crippen LogP contribution in [0, 0.1) is 11.8 Å². The van der Waals surface area contributed by atoms with Crippen molar-refractivity contribution in [2.45, 2.75) is 45.6 Å². The first-order valence-corrected chi connectivity index (χ1v) is 7.09. The van der Waals surface area contributed by atoms with Gasteiger partial charge in [-0.05, 0) is 52.1 Å². The summed E-state index contributed by atoms with van der Waals surface area (Å²) in [7, 11) is 0. The van der Waals surface area contributed by atoms with Gasteiger partial charge in [-0.1, -0.05) is 12.5 Å². The summed E-state index contributed by atoms with van der Waals surface area (Å²) in [6.07, 6.45) is 3.24. The molecule has 1 amide bonds. The zero-order valence-corrected chi connectivity index (χ0v) is 12.0. The van der Waals surface area contributed by atoms with E-state index in [4.69, 9.17) is 0 Å². The summed E-state index contributed by atoms with van der Waals surface area (Å²) in [5.41, 5.74) is 1.06. The lowest BCUT2D eigenvalue weighted by atomic mass is 9.74. The molecule has 2 bridgehead atoms. The summed E-state index contributed by atoms with van der Waals surface area (Å²) in [6.45, 7) is 13.5. The van der Waals surface area contributed by atoms with Crippen LogP contribution >= 0.6 is 0 Å². The molecule has 18 heavy (non-hydrogen) atoms. The second-order valence-electron chi connectivity index (χ2n) is 6.52. The summed E-state index contributed by atoms with van der Waals surface area (Å²) in [5, 5.41) is 3.31. The Balaban J connectivity index is 1.96. The fourth-order valence-corrected chi connectivity index (χ4v) is 3.48. The molecule has 0 saturated carbocycles. The Bertz CT molecular complexity index is 344. The third kappa shape index (κ3) is 2.77. The molecule has 0 spiro atoms. The van der Waals surface area contributed by atoms with E-state index in [-0.39, 0.29) is 17.4 Å². The monoisotopic (exact) mass is 250 g/mol. The minimum absolute atomic E-state index is 0.0169. The standard InChI is InChI=1S/C15H26N2O/c1-11(2)9-12(3)14(18)16-15(4)10-17-7-5-13(15)6-8-17/h12-13H,1,5-10H2,2-4H3,(H,16,18). The normalized spacial score (nSPS) is 36.2. The second-order valence-corrected chi connectivity index (χ2v) is 6.52. The van der Waals surface area contributed by atoms with Crippen LogP contribution in [0.2, 0.25) is 0 Å². The van der Waals surface area contributed by atoms with Gasteiger partial charge in [-0.2, -0.15) is 0 Å². The topological polar surface area (TPSA) is 32.3 Å². The van der Waals surface area contributed by atoms with E-state index >= 15 is 0 Å². The number of amides is 1. The molecule has 3 rings (SSSR count). The first-order chi connectivity index (χ1) is 8.40. The van der Waals surface area contributed by atoms with Crippen molar-refractivity contribution in [1.29, 1.82) is 0 Å². The van der Waals surface area contributed by atoms with Gasteiger partial charge in [-0.25, -0.2) is 0 Å². The van der Waals surface area contributed by atoms with Gasteiger partial charge in [0.05, 0.1) is 5.54 Å². The number of carbonyl (C=O) groups excluding carboxylic acids is 1. The van der Waals surface area contributed by atoms with Crippen molar-refractivity contribution in [3.8, 4) is 0 Å². The van der Waals surface area contributed by atoms with Gasteiger partial charge < -0.3 is 10.2 Å². The SMILES string of the molecule is C=C(C)CC(C)C(=O)NC1(C)CN2CCC1CC2. The van der Waals surface area contributed by atoms with Crippen LogP contribution in [0.25, 0.3) is 0 Å². The van der Waals surface area contributed by atoms with E-state index in [0.29, 0.717) is 5.92 Å². The van der Waals surface area contributed by atoms with Crippen LogP contribution in [0.1, 0.15) is 40.0 Å². The van der Waals surface area contributed by atoms with E-state index in [9.17, 15) is 4.79 Å². The lowest BCUT2D eigenvalue weighted by molar-refractivity contribution is -0.129. The smallest absolute Gasteiger partial charge is 0.223 e. The van der Waals surface area contributed by atoms with Crippen molar-refractivity contribution in [2.24, 2.45) is 11.8 Å². The van der Waals surface area contributed by atoms with Gasteiger partial charge in [0.2, 0.25) is 5.91 Å². The lowest BCUT2D eigenvalue weighted by Gasteiger charge is -2.52. The molecule has 3 aliphatic heterocycles. The van der Waals surface area contributed by atoms with Crippen molar-refractivity contribution < 1.29 is 4.79 Å². The zero-order chi connectivity index (χ0) is 13.3. The predicted octanol–water partition coefficient (Wildman–Crippen LogP) is 2.19. The van der Waals surface area contributed by atoms with Crippen molar-refractivity contribution in [3.05, 3.63) is 12.2 Å². The van der Waals surface area contributed by atoms with Crippen LogP contribution in [0.4, 0.5) is 0 Å². The van der Waals surface area contributed by atoms with Crippen LogP contribution in [-0.4, -0.2) is 36.0 Å². The van der Waals surface area contributed by atoms with Gasteiger partial charge in [0.15, 0.2) is 0 Å². The molecule has 0 aromatic heterocycles. The van der Waals surface area contributed by atoms with Crippen LogP contribution in [0.5, 0.6) is 0 Å². The molecule has 0 aromatic rings. The Labute approximate surface area is 111 Å². The summed E-state index contributed by atoms with van der Waals surface area (Å²) in [4.78, 5) is 14.7. The maximum absolute atomic E-state index is 12.3. The maximum atomic E-state index is 12.3. The van der Waals surface area contributed by atoms with Crippen LogP contribution < -0.4 is 5.32 Å². The minimum atomic E-state index is -0.0169. The average Bonchev–Trinajstić information content (AvgIpc) is 2.28. The van der Waals surface area contributed by atoms with E-state index < -0.39 is 0 Å². The summed E-state index contributed by atoms with van der Waals surface area (Å²) >= 11 is 0. The summed E-state index contributed by atoms with van der Waals surface area (Å²) in [6, 6.07) is 0. The molecule has 2 unspecified atom stereocenters. The van der Waals surface area contributed by atoms with Gasteiger partial charge in [0.25, 0.3) is 0 Å². The van der Waals surface area contributed by atoms with E-state index in [1.807, 2.05) is 13.8 Å². The third-order valence-electron chi connectivity index (χ3n) is 4.55. The Morgan fingerprint density at radius 2 is 2.11 bits per heavy atom. The van der Waals surface area contributed by atoms with E-state index in [1.54, 1.807) is 0 Å². The van der Waals surface area contributed by atoms with Gasteiger partial charge in [0.1, 0.15) is 0 Å². The highest BCUT2D eigenvalue weighted by molar-refractivity contribution is 5.79. The van der Waals surface area contributed by atoms with Gasteiger partial charge in [-0.3, -0.25) is 4.79 Å². The molecular weight excluding hydrogens is 224 g/mol. The Hall–Kier alpha value is -0.830. The van der Waals surface area contributed by atoms with Crippen LogP contribution in [0.15, 0.2) is 12.2 Å². The van der Waals surface area contributed by atoms with Gasteiger partial charge in [0, 0.05) is 12.5 Å². The highest BCUT2D eigenvalue weighted by Gasteiger charge is 2.44. The maximum Gasteiger partial charge on any atom is 0.223 e. The molecule has 102 valence electrons. The Morgan fingerprint density at radius 3 is 2.56 bits per heavy atom. The number of nitrogens with one attached hydrogen (secondary N) is 1.